The third kappa shape index (κ3) is 3.21. The average Bonchev–Trinajstić information content (AvgIpc) is 2.19. The maximum Gasteiger partial charge on any atom is 0.0728 e. The van der Waals surface area contributed by atoms with Crippen molar-refractivity contribution >= 4 is 0 Å². The second-order valence-electron chi connectivity index (χ2n) is 2.81. The number of aliphatic hydroxyl groups excluding tert-OH is 1. The van der Waals surface area contributed by atoms with E-state index < -0.39 is 0 Å². The molecule has 0 amide bonds. The molecule has 70 valence electrons. The zero-order valence-corrected chi connectivity index (χ0v) is 7.27. The second-order valence-corrected chi connectivity index (χ2v) is 2.81. The fourth-order valence-corrected chi connectivity index (χ4v) is 1.14. The first kappa shape index (κ1) is 9.67. The van der Waals surface area contributed by atoms with Crippen LogP contribution in [0.25, 0.3) is 0 Å². The molecule has 0 aromatic heterocycles. The Morgan fingerprint density at radius 2 is 2.08 bits per heavy atom. The van der Waals surface area contributed by atoms with Crippen LogP contribution in [0.2, 0.25) is 0 Å². The highest BCUT2D eigenvalue weighted by atomic mass is 16.3. The summed E-state index contributed by atoms with van der Waals surface area (Å²) in [6.45, 7) is -0.0166. The van der Waals surface area contributed by atoms with Crippen LogP contribution in [-0.4, -0.2) is 17.8 Å². The maximum absolute atomic E-state index is 8.91. The Morgan fingerprint density at radius 3 is 2.62 bits per heavy atom. The summed E-state index contributed by atoms with van der Waals surface area (Å²) >= 11 is 0. The Kier molecular flexibility index (Phi) is 3.92. The molecule has 0 heterocycles. The minimum atomic E-state index is -0.167. The van der Waals surface area contributed by atoms with E-state index in [1.54, 1.807) is 0 Å². The SMILES string of the molecule is N=NN[C@H](CO)Cc1ccccc1. The average molecular weight is 179 g/mol. The van der Waals surface area contributed by atoms with Gasteiger partial charge in [-0.05, 0) is 12.0 Å². The second kappa shape index (κ2) is 5.27. The highest BCUT2D eigenvalue weighted by molar-refractivity contribution is 5.15. The lowest BCUT2D eigenvalue weighted by Crippen LogP contribution is -2.30. The highest BCUT2D eigenvalue weighted by Crippen LogP contribution is 2.02. The summed E-state index contributed by atoms with van der Waals surface area (Å²) in [7, 11) is 0. The van der Waals surface area contributed by atoms with Crippen LogP contribution in [-0.2, 0) is 6.42 Å². The van der Waals surface area contributed by atoms with Crippen molar-refractivity contribution in [1.29, 1.82) is 5.53 Å². The lowest BCUT2D eigenvalue weighted by Gasteiger charge is -2.11. The molecule has 1 aromatic carbocycles. The van der Waals surface area contributed by atoms with Gasteiger partial charge in [-0.2, -0.15) is 5.53 Å². The number of aliphatic hydroxyl groups is 1. The molecule has 0 fully saturated rings. The molecule has 0 aliphatic carbocycles. The smallest absolute Gasteiger partial charge is 0.0728 e. The molecule has 0 bridgehead atoms. The fraction of sp³-hybridized carbons (Fsp3) is 0.333. The van der Waals surface area contributed by atoms with Crippen molar-refractivity contribution in [1.82, 2.24) is 5.43 Å². The first-order valence-electron chi connectivity index (χ1n) is 4.13. The number of hydrogen-bond acceptors (Lipinski definition) is 3. The van der Waals surface area contributed by atoms with E-state index in [0.717, 1.165) is 5.56 Å². The molecule has 1 atom stereocenters. The molecule has 4 nitrogen and oxygen atoms in total. The van der Waals surface area contributed by atoms with E-state index in [0.29, 0.717) is 6.42 Å². The number of nitrogens with zero attached hydrogens (tertiary/aromatic N) is 1. The Hall–Kier alpha value is -1.42. The Bertz CT molecular complexity index is 250. The van der Waals surface area contributed by atoms with Gasteiger partial charge in [0.1, 0.15) is 0 Å². The van der Waals surface area contributed by atoms with Crippen molar-refractivity contribution in [3.8, 4) is 0 Å². The van der Waals surface area contributed by atoms with Crippen molar-refractivity contribution < 1.29 is 5.11 Å². The van der Waals surface area contributed by atoms with Crippen LogP contribution >= 0.6 is 0 Å². The van der Waals surface area contributed by atoms with Gasteiger partial charge in [0.25, 0.3) is 0 Å². The summed E-state index contributed by atoms with van der Waals surface area (Å²) in [5, 5.41) is 12.0. The van der Waals surface area contributed by atoms with Crippen LogP contribution in [0, 0.1) is 5.53 Å². The zero-order chi connectivity index (χ0) is 9.52. The first-order chi connectivity index (χ1) is 6.36. The van der Waals surface area contributed by atoms with Gasteiger partial charge in [-0.1, -0.05) is 35.6 Å². The van der Waals surface area contributed by atoms with Crippen LogP contribution < -0.4 is 5.43 Å². The predicted molar refractivity (Wildman–Crippen MR) is 49.3 cm³/mol. The van der Waals surface area contributed by atoms with Crippen LogP contribution in [0.5, 0.6) is 0 Å². The summed E-state index contributed by atoms with van der Waals surface area (Å²) in [5.41, 5.74) is 10.3. The lowest BCUT2D eigenvalue weighted by molar-refractivity contribution is 0.240. The van der Waals surface area contributed by atoms with E-state index in [9.17, 15) is 0 Å². The van der Waals surface area contributed by atoms with Crippen LogP contribution in [0.4, 0.5) is 0 Å². The fourth-order valence-electron chi connectivity index (χ4n) is 1.14. The first-order valence-corrected chi connectivity index (χ1v) is 4.13. The summed E-state index contributed by atoms with van der Waals surface area (Å²) in [6.07, 6.45) is 0.680. The molecule has 0 saturated heterocycles. The molecule has 1 aromatic rings. The van der Waals surface area contributed by atoms with Gasteiger partial charge in [-0.15, -0.1) is 0 Å². The number of nitrogens with one attached hydrogen (secondary N) is 2. The third-order valence-electron chi connectivity index (χ3n) is 1.79. The highest BCUT2D eigenvalue weighted by Gasteiger charge is 2.05. The van der Waals surface area contributed by atoms with Crippen LogP contribution in [0.1, 0.15) is 5.56 Å². The number of rotatable bonds is 5. The molecule has 3 N–H and O–H groups in total. The van der Waals surface area contributed by atoms with Gasteiger partial charge in [-0.3, -0.25) is 5.43 Å². The molecule has 13 heavy (non-hydrogen) atoms. The van der Waals surface area contributed by atoms with E-state index in [4.69, 9.17) is 10.6 Å². The Balaban J connectivity index is 2.51. The van der Waals surface area contributed by atoms with E-state index >= 15 is 0 Å². The van der Waals surface area contributed by atoms with Gasteiger partial charge in [0, 0.05) is 0 Å². The molecule has 0 unspecified atom stereocenters. The molecular formula is C9H13N3O. The van der Waals surface area contributed by atoms with Crippen molar-refractivity contribution in [2.24, 2.45) is 5.22 Å². The van der Waals surface area contributed by atoms with E-state index in [1.807, 2.05) is 30.3 Å². The molecule has 0 aliphatic heterocycles. The van der Waals surface area contributed by atoms with Crippen molar-refractivity contribution in [2.45, 2.75) is 12.5 Å². The third-order valence-corrected chi connectivity index (χ3v) is 1.79. The van der Waals surface area contributed by atoms with Gasteiger partial charge in [0.2, 0.25) is 0 Å². The van der Waals surface area contributed by atoms with Gasteiger partial charge >= 0.3 is 0 Å². The summed E-state index contributed by atoms with van der Waals surface area (Å²) in [4.78, 5) is 0. The molecule has 0 aliphatic rings. The van der Waals surface area contributed by atoms with Gasteiger partial charge in [0.15, 0.2) is 0 Å². The van der Waals surface area contributed by atoms with E-state index in [-0.39, 0.29) is 12.6 Å². The van der Waals surface area contributed by atoms with E-state index in [2.05, 4.69) is 10.6 Å². The molecular weight excluding hydrogens is 166 g/mol. The van der Waals surface area contributed by atoms with Crippen molar-refractivity contribution in [2.75, 3.05) is 6.61 Å². The predicted octanol–water partition coefficient (Wildman–Crippen LogP) is 1.13. The lowest BCUT2D eigenvalue weighted by atomic mass is 10.1. The molecule has 0 saturated carbocycles. The normalized spacial score (nSPS) is 12.1. The van der Waals surface area contributed by atoms with Gasteiger partial charge in [-0.25, -0.2) is 0 Å². The quantitative estimate of drug-likeness (QED) is 0.468. The van der Waals surface area contributed by atoms with Gasteiger partial charge in [0.05, 0.1) is 12.6 Å². The molecule has 4 heteroatoms. The Labute approximate surface area is 77.1 Å². The summed E-state index contributed by atoms with van der Waals surface area (Å²) in [6, 6.07) is 9.63. The van der Waals surface area contributed by atoms with Crippen molar-refractivity contribution in [3.63, 3.8) is 0 Å². The van der Waals surface area contributed by atoms with Gasteiger partial charge < -0.3 is 5.11 Å². The summed E-state index contributed by atoms with van der Waals surface area (Å²) in [5.74, 6) is 0. The van der Waals surface area contributed by atoms with Crippen LogP contribution in [0.3, 0.4) is 0 Å². The number of benzene rings is 1. The van der Waals surface area contributed by atoms with Crippen LogP contribution in [0.15, 0.2) is 35.6 Å². The molecule has 0 radical (unpaired) electrons. The zero-order valence-electron chi connectivity index (χ0n) is 7.27. The topological polar surface area (TPSA) is 68.5 Å². The summed E-state index contributed by atoms with van der Waals surface area (Å²) < 4.78 is 0. The number of hydrogen-bond donors (Lipinski definition) is 3. The van der Waals surface area contributed by atoms with E-state index in [1.165, 1.54) is 0 Å². The monoisotopic (exact) mass is 179 g/mol. The molecule has 0 spiro atoms. The largest absolute Gasteiger partial charge is 0.394 e. The minimum Gasteiger partial charge on any atom is -0.394 e. The van der Waals surface area contributed by atoms with Crippen molar-refractivity contribution in [3.05, 3.63) is 35.9 Å². The Morgan fingerprint density at radius 1 is 1.38 bits per heavy atom. The standard InChI is InChI=1S/C9H13N3O/c10-12-11-9(7-13)6-8-4-2-1-3-5-8/h1-5,9,13H,6-7H2,(H2,10,11)/t9-/m0/s1. The molecule has 1 rings (SSSR count). The maximum atomic E-state index is 8.91. The minimum absolute atomic E-state index is 0.0166.